The zero-order chi connectivity index (χ0) is 19.9. The van der Waals surface area contributed by atoms with E-state index in [4.69, 9.17) is 4.74 Å². The minimum Gasteiger partial charge on any atom is -0.465 e. The Morgan fingerprint density at radius 2 is 1.75 bits per heavy atom. The molecule has 0 bridgehead atoms. The molecule has 0 fully saturated rings. The van der Waals surface area contributed by atoms with Gasteiger partial charge in [-0.15, -0.1) is 0 Å². The van der Waals surface area contributed by atoms with Crippen LogP contribution in [0, 0.1) is 0 Å². The molecule has 6 heteroatoms. The van der Waals surface area contributed by atoms with Crippen molar-refractivity contribution >= 4 is 23.3 Å². The smallest absolute Gasteiger partial charge is 0.337 e. The number of aromatic nitrogens is 1. The molecule has 0 saturated heterocycles. The molecule has 3 rings (SSSR count). The van der Waals surface area contributed by atoms with Crippen LogP contribution in [0.3, 0.4) is 0 Å². The summed E-state index contributed by atoms with van der Waals surface area (Å²) in [6.07, 6.45) is 1.58. The van der Waals surface area contributed by atoms with Crippen molar-refractivity contribution in [1.82, 2.24) is 9.88 Å². The lowest BCUT2D eigenvalue weighted by Crippen LogP contribution is -2.27. The second-order valence-corrected chi connectivity index (χ2v) is 6.27. The third kappa shape index (κ3) is 4.73. The van der Waals surface area contributed by atoms with Gasteiger partial charge >= 0.3 is 5.97 Å². The standard InChI is InChI=1S/C22H21N3O3/c1-25(15-16-7-4-3-5-8-16)21(26)20-14-19(11-12-23-20)24-18-10-6-9-17(13-18)22(27)28-2/h3-14H,15H2,1-2H3,(H,23,24). The number of ether oxygens (including phenoxy) is 1. The molecular weight excluding hydrogens is 354 g/mol. The summed E-state index contributed by atoms with van der Waals surface area (Å²) in [7, 11) is 3.09. The SMILES string of the molecule is COC(=O)c1cccc(Nc2ccnc(C(=O)N(C)Cc3ccccc3)c2)c1. The zero-order valence-electron chi connectivity index (χ0n) is 15.8. The Labute approximate surface area is 163 Å². The number of methoxy groups -OCH3 is 1. The number of rotatable bonds is 6. The highest BCUT2D eigenvalue weighted by molar-refractivity contribution is 5.93. The number of carbonyl (C=O) groups excluding carboxylic acids is 2. The zero-order valence-corrected chi connectivity index (χ0v) is 15.8. The molecule has 0 aliphatic carbocycles. The minimum absolute atomic E-state index is 0.171. The van der Waals surface area contributed by atoms with Gasteiger partial charge in [0.05, 0.1) is 12.7 Å². The molecule has 3 aromatic rings. The molecule has 0 aliphatic rings. The first-order valence-electron chi connectivity index (χ1n) is 8.77. The Bertz CT molecular complexity index is 974. The Balaban J connectivity index is 1.73. The number of anilines is 2. The van der Waals surface area contributed by atoms with Gasteiger partial charge in [0.1, 0.15) is 5.69 Å². The van der Waals surface area contributed by atoms with Gasteiger partial charge in [-0.1, -0.05) is 36.4 Å². The lowest BCUT2D eigenvalue weighted by molar-refractivity contribution is 0.0600. The highest BCUT2D eigenvalue weighted by Gasteiger charge is 2.14. The van der Waals surface area contributed by atoms with Gasteiger partial charge in [-0.2, -0.15) is 0 Å². The normalized spacial score (nSPS) is 10.2. The van der Waals surface area contributed by atoms with E-state index in [1.165, 1.54) is 7.11 Å². The summed E-state index contributed by atoms with van der Waals surface area (Å²) in [4.78, 5) is 30.2. The maximum atomic E-state index is 12.7. The molecule has 0 aliphatic heterocycles. The number of hydrogen-bond donors (Lipinski definition) is 1. The minimum atomic E-state index is -0.406. The summed E-state index contributed by atoms with van der Waals surface area (Å²) < 4.78 is 4.74. The monoisotopic (exact) mass is 375 g/mol. The third-order valence-corrected chi connectivity index (χ3v) is 4.16. The van der Waals surface area contributed by atoms with E-state index in [0.717, 1.165) is 5.56 Å². The van der Waals surface area contributed by atoms with Crippen LogP contribution in [0.2, 0.25) is 0 Å². The highest BCUT2D eigenvalue weighted by atomic mass is 16.5. The first kappa shape index (κ1) is 19.1. The van der Waals surface area contributed by atoms with Crippen LogP contribution >= 0.6 is 0 Å². The van der Waals surface area contributed by atoms with Gasteiger partial charge in [-0.3, -0.25) is 9.78 Å². The lowest BCUT2D eigenvalue weighted by Gasteiger charge is -2.17. The van der Waals surface area contributed by atoms with Gasteiger partial charge in [-0.25, -0.2) is 4.79 Å². The molecule has 1 heterocycles. The van der Waals surface area contributed by atoms with E-state index in [9.17, 15) is 9.59 Å². The molecule has 0 unspecified atom stereocenters. The molecule has 0 saturated carbocycles. The average molecular weight is 375 g/mol. The molecule has 142 valence electrons. The predicted octanol–water partition coefficient (Wildman–Crippen LogP) is 3.88. The Hall–Kier alpha value is -3.67. The highest BCUT2D eigenvalue weighted by Crippen LogP contribution is 2.19. The van der Waals surface area contributed by atoms with Crippen LogP contribution in [0.1, 0.15) is 26.4 Å². The van der Waals surface area contributed by atoms with Crippen molar-refractivity contribution in [2.45, 2.75) is 6.54 Å². The third-order valence-electron chi connectivity index (χ3n) is 4.16. The van der Waals surface area contributed by atoms with E-state index in [2.05, 4.69) is 10.3 Å². The van der Waals surface area contributed by atoms with Crippen LogP contribution < -0.4 is 5.32 Å². The first-order chi connectivity index (χ1) is 13.6. The summed E-state index contributed by atoms with van der Waals surface area (Å²) >= 11 is 0. The van der Waals surface area contributed by atoms with Crippen LogP contribution in [0.15, 0.2) is 72.9 Å². The quantitative estimate of drug-likeness (QED) is 0.662. The number of pyridine rings is 1. The second kappa shape index (κ2) is 8.81. The Morgan fingerprint density at radius 1 is 1.00 bits per heavy atom. The lowest BCUT2D eigenvalue weighted by atomic mass is 10.2. The van der Waals surface area contributed by atoms with Crippen molar-refractivity contribution in [2.24, 2.45) is 0 Å². The molecule has 1 aromatic heterocycles. The number of carbonyl (C=O) groups is 2. The number of nitrogens with zero attached hydrogens (tertiary/aromatic N) is 2. The van der Waals surface area contributed by atoms with Crippen molar-refractivity contribution < 1.29 is 14.3 Å². The largest absolute Gasteiger partial charge is 0.465 e. The van der Waals surface area contributed by atoms with Gasteiger partial charge in [0, 0.05) is 31.2 Å². The predicted molar refractivity (Wildman–Crippen MR) is 108 cm³/mol. The van der Waals surface area contributed by atoms with E-state index in [-0.39, 0.29) is 5.91 Å². The summed E-state index contributed by atoms with van der Waals surface area (Å²) in [5.74, 6) is -0.576. The van der Waals surface area contributed by atoms with Gasteiger partial charge in [0.25, 0.3) is 5.91 Å². The van der Waals surface area contributed by atoms with Crippen LogP contribution in [0.25, 0.3) is 0 Å². The summed E-state index contributed by atoms with van der Waals surface area (Å²) in [5, 5.41) is 3.19. The summed E-state index contributed by atoms with van der Waals surface area (Å²) in [5.41, 5.74) is 3.25. The number of hydrogen-bond acceptors (Lipinski definition) is 5. The number of esters is 1. The van der Waals surface area contributed by atoms with Crippen LogP contribution in [-0.2, 0) is 11.3 Å². The van der Waals surface area contributed by atoms with E-state index in [1.54, 1.807) is 48.5 Å². The second-order valence-electron chi connectivity index (χ2n) is 6.27. The molecule has 1 amide bonds. The fourth-order valence-electron chi connectivity index (χ4n) is 2.76. The van der Waals surface area contributed by atoms with E-state index in [0.29, 0.717) is 29.2 Å². The first-order valence-corrected chi connectivity index (χ1v) is 8.77. The van der Waals surface area contributed by atoms with Gasteiger partial charge in [-0.05, 0) is 35.9 Å². The van der Waals surface area contributed by atoms with Crippen molar-refractivity contribution in [3.8, 4) is 0 Å². The average Bonchev–Trinajstić information content (AvgIpc) is 2.73. The molecule has 0 atom stereocenters. The number of nitrogens with one attached hydrogen (secondary N) is 1. The molecular formula is C22H21N3O3. The Morgan fingerprint density at radius 3 is 2.50 bits per heavy atom. The van der Waals surface area contributed by atoms with Gasteiger partial charge in [0.15, 0.2) is 0 Å². The fourth-order valence-corrected chi connectivity index (χ4v) is 2.76. The number of amides is 1. The van der Waals surface area contributed by atoms with Crippen molar-refractivity contribution in [2.75, 3.05) is 19.5 Å². The van der Waals surface area contributed by atoms with Crippen LogP contribution in [-0.4, -0.2) is 35.9 Å². The van der Waals surface area contributed by atoms with Gasteiger partial charge in [0.2, 0.25) is 0 Å². The molecule has 2 aromatic carbocycles. The topological polar surface area (TPSA) is 71.5 Å². The maximum Gasteiger partial charge on any atom is 0.337 e. The molecule has 6 nitrogen and oxygen atoms in total. The fraction of sp³-hybridized carbons (Fsp3) is 0.136. The Kier molecular flexibility index (Phi) is 6.01. The van der Waals surface area contributed by atoms with E-state index < -0.39 is 5.97 Å². The maximum absolute atomic E-state index is 12.7. The molecule has 28 heavy (non-hydrogen) atoms. The van der Waals surface area contributed by atoms with Gasteiger partial charge < -0.3 is 15.0 Å². The molecule has 0 radical (unpaired) electrons. The van der Waals surface area contributed by atoms with Crippen LogP contribution in [0.5, 0.6) is 0 Å². The van der Waals surface area contributed by atoms with Crippen LogP contribution in [0.4, 0.5) is 11.4 Å². The van der Waals surface area contributed by atoms with E-state index >= 15 is 0 Å². The molecule has 0 spiro atoms. The van der Waals surface area contributed by atoms with E-state index in [1.807, 2.05) is 36.4 Å². The number of benzene rings is 2. The molecule has 1 N–H and O–H groups in total. The van der Waals surface area contributed by atoms with Crippen molar-refractivity contribution in [3.63, 3.8) is 0 Å². The summed E-state index contributed by atoms with van der Waals surface area (Å²) in [6, 6.07) is 20.2. The van der Waals surface area contributed by atoms with Crippen molar-refractivity contribution in [1.29, 1.82) is 0 Å². The van der Waals surface area contributed by atoms with Crippen molar-refractivity contribution in [3.05, 3.63) is 89.7 Å². The summed E-state index contributed by atoms with van der Waals surface area (Å²) in [6.45, 7) is 0.500.